The smallest absolute Gasteiger partial charge is 0.224 e. The Kier molecular flexibility index (Phi) is 4.98. The van der Waals surface area contributed by atoms with Gasteiger partial charge in [-0.2, -0.15) is 4.98 Å². The van der Waals surface area contributed by atoms with Crippen molar-refractivity contribution in [1.82, 2.24) is 15.0 Å². The molecule has 4 rings (SSSR count). The molecule has 0 atom stereocenters. The highest BCUT2D eigenvalue weighted by Crippen LogP contribution is 2.22. The molecule has 2 heterocycles. The van der Waals surface area contributed by atoms with Crippen molar-refractivity contribution in [3.05, 3.63) is 77.1 Å². The zero-order chi connectivity index (χ0) is 19.5. The molecule has 0 amide bonds. The van der Waals surface area contributed by atoms with E-state index >= 15 is 0 Å². The highest BCUT2D eigenvalue weighted by atomic mass is 15.1. The second-order valence-electron chi connectivity index (χ2n) is 7.20. The number of hydrogen-bond donors (Lipinski definition) is 3. The predicted molar refractivity (Wildman–Crippen MR) is 116 cm³/mol. The molecule has 3 N–H and O–H groups in total. The van der Waals surface area contributed by atoms with Gasteiger partial charge in [-0.1, -0.05) is 30.3 Å². The molecule has 0 saturated heterocycles. The molecular formula is C23H25N5. The monoisotopic (exact) mass is 371 g/mol. The summed E-state index contributed by atoms with van der Waals surface area (Å²) in [5.74, 6) is 1.45. The van der Waals surface area contributed by atoms with Gasteiger partial charge in [0, 0.05) is 41.1 Å². The van der Waals surface area contributed by atoms with Crippen molar-refractivity contribution in [3.63, 3.8) is 0 Å². The van der Waals surface area contributed by atoms with E-state index in [4.69, 9.17) is 0 Å². The Morgan fingerprint density at radius 2 is 1.82 bits per heavy atom. The summed E-state index contributed by atoms with van der Waals surface area (Å²) in [5, 5.41) is 8.06. The fourth-order valence-electron chi connectivity index (χ4n) is 3.37. The summed E-state index contributed by atoms with van der Waals surface area (Å²) >= 11 is 0. The molecule has 0 aliphatic carbocycles. The third-order valence-electron chi connectivity index (χ3n) is 4.86. The van der Waals surface area contributed by atoms with Crippen LogP contribution in [0.4, 0.5) is 17.5 Å². The number of hydrogen-bond acceptors (Lipinski definition) is 4. The van der Waals surface area contributed by atoms with Crippen LogP contribution in [0.3, 0.4) is 0 Å². The van der Waals surface area contributed by atoms with Gasteiger partial charge in [-0.3, -0.25) is 0 Å². The van der Waals surface area contributed by atoms with Gasteiger partial charge in [0.25, 0.3) is 0 Å². The van der Waals surface area contributed by atoms with Crippen molar-refractivity contribution in [1.29, 1.82) is 0 Å². The number of fused-ring (bicyclic) bond motifs is 1. The van der Waals surface area contributed by atoms with E-state index in [9.17, 15) is 0 Å². The Morgan fingerprint density at radius 1 is 0.964 bits per heavy atom. The number of H-pyrrole nitrogens is 1. The molecule has 0 bridgehead atoms. The zero-order valence-corrected chi connectivity index (χ0v) is 16.5. The number of para-hydroxylation sites is 1. The Morgan fingerprint density at radius 3 is 2.71 bits per heavy atom. The van der Waals surface area contributed by atoms with Crippen LogP contribution in [-0.4, -0.2) is 21.5 Å². The van der Waals surface area contributed by atoms with E-state index in [2.05, 4.69) is 82.0 Å². The lowest BCUT2D eigenvalue weighted by Crippen LogP contribution is -2.09. The van der Waals surface area contributed by atoms with Crippen LogP contribution in [0.2, 0.25) is 0 Å². The number of benzene rings is 2. The van der Waals surface area contributed by atoms with E-state index in [1.165, 1.54) is 27.6 Å². The van der Waals surface area contributed by atoms with E-state index in [1.807, 2.05) is 19.1 Å². The molecule has 0 radical (unpaired) electrons. The van der Waals surface area contributed by atoms with Crippen molar-refractivity contribution < 1.29 is 0 Å². The van der Waals surface area contributed by atoms with Crippen molar-refractivity contribution in [2.24, 2.45) is 0 Å². The minimum absolute atomic E-state index is 0.646. The molecule has 0 saturated carbocycles. The Labute approximate surface area is 165 Å². The maximum atomic E-state index is 4.64. The summed E-state index contributed by atoms with van der Waals surface area (Å²) in [7, 11) is 0. The van der Waals surface area contributed by atoms with Crippen LogP contribution in [0, 0.1) is 20.8 Å². The quantitative estimate of drug-likeness (QED) is 0.431. The van der Waals surface area contributed by atoms with E-state index in [0.717, 1.165) is 30.2 Å². The van der Waals surface area contributed by atoms with E-state index in [1.54, 1.807) is 0 Å². The number of anilines is 3. The Hall–Kier alpha value is -3.34. The molecule has 28 heavy (non-hydrogen) atoms. The largest absolute Gasteiger partial charge is 0.361 e. The van der Waals surface area contributed by atoms with Crippen LogP contribution in [0.15, 0.2) is 54.7 Å². The van der Waals surface area contributed by atoms with Gasteiger partial charge >= 0.3 is 0 Å². The van der Waals surface area contributed by atoms with Crippen LogP contribution in [-0.2, 0) is 6.42 Å². The minimum atomic E-state index is 0.646. The molecule has 0 unspecified atom stereocenters. The molecule has 2 aromatic carbocycles. The summed E-state index contributed by atoms with van der Waals surface area (Å²) in [6.45, 7) is 6.94. The molecular weight excluding hydrogens is 346 g/mol. The average molecular weight is 371 g/mol. The molecule has 5 heteroatoms. The number of rotatable bonds is 6. The van der Waals surface area contributed by atoms with Gasteiger partial charge in [-0.05, 0) is 56.0 Å². The van der Waals surface area contributed by atoms with Gasteiger partial charge in [0.15, 0.2) is 0 Å². The molecule has 142 valence electrons. The average Bonchev–Trinajstić information content (AvgIpc) is 3.08. The van der Waals surface area contributed by atoms with Crippen LogP contribution >= 0.6 is 0 Å². The lowest BCUT2D eigenvalue weighted by molar-refractivity contribution is 0.981. The summed E-state index contributed by atoms with van der Waals surface area (Å²) in [5.41, 5.74) is 6.88. The zero-order valence-electron chi connectivity index (χ0n) is 16.5. The molecule has 5 nitrogen and oxygen atoms in total. The standard InChI is InChI=1S/C23H25N5/c1-15-8-9-16(2)21(12-15)27-22-13-17(3)26-23(28-22)24-11-10-18-14-25-20-7-5-4-6-19(18)20/h4-9,12-14,25H,10-11H2,1-3H3,(H2,24,26,27,28). The van der Waals surface area contributed by atoms with Crippen LogP contribution in [0.1, 0.15) is 22.4 Å². The van der Waals surface area contributed by atoms with Gasteiger partial charge in [-0.25, -0.2) is 4.98 Å². The highest BCUT2D eigenvalue weighted by Gasteiger charge is 2.06. The van der Waals surface area contributed by atoms with Gasteiger partial charge in [0.2, 0.25) is 5.95 Å². The normalized spacial score (nSPS) is 11.0. The van der Waals surface area contributed by atoms with Gasteiger partial charge in [0.1, 0.15) is 5.82 Å². The summed E-state index contributed by atoms with van der Waals surface area (Å²) in [6.07, 6.45) is 2.98. The Bertz CT molecular complexity index is 1110. The molecule has 0 fully saturated rings. The van der Waals surface area contributed by atoms with Crippen LogP contribution in [0.25, 0.3) is 10.9 Å². The molecule has 0 spiro atoms. The van der Waals surface area contributed by atoms with Crippen molar-refractivity contribution in [2.75, 3.05) is 17.2 Å². The van der Waals surface area contributed by atoms with E-state index in [0.29, 0.717) is 5.95 Å². The van der Waals surface area contributed by atoms with E-state index in [-0.39, 0.29) is 0 Å². The first kappa shape index (κ1) is 18.0. The lowest BCUT2D eigenvalue weighted by Gasteiger charge is -2.12. The summed E-state index contributed by atoms with van der Waals surface area (Å²) in [6, 6.07) is 16.7. The van der Waals surface area contributed by atoms with Gasteiger partial charge < -0.3 is 15.6 Å². The topological polar surface area (TPSA) is 65.6 Å². The highest BCUT2D eigenvalue weighted by molar-refractivity contribution is 5.83. The maximum Gasteiger partial charge on any atom is 0.224 e. The Balaban J connectivity index is 1.46. The second kappa shape index (κ2) is 7.72. The minimum Gasteiger partial charge on any atom is -0.361 e. The number of aryl methyl sites for hydroxylation is 3. The first-order chi connectivity index (χ1) is 13.6. The summed E-state index contributed by atoms with van der Waals surface area (Å²) in [4.78, 5) is 12.5. The maximum absolute atomic E-state index is 4.64. The number of aromatic nitrogens is 3. The molecule has 2 aromatic heterocycles. The van der Waals surface area contributed by atoms with Gasteiger partial charge in [-0.15, -0.1) is 0 Å². The first-order valence-corrected chi connectivity index (χ1v) is 9.57. The van der Waals surface area contributed by atoms with Crippen LogP contribution in [0.5, 0.6) is 0 Å². The first-order valence-electron chi connectivity index (χ1n) is 9.57. The number of nitrogens with zero attached hydrogens (tertiary/aromatic N) is 2. The SMILES string of the molecule is Cc1ccc(C)c(Nc2cc(C)nc(NCCc3c[nH]c4ccccc34)n2)c1. The third-order valence-corrected chi connectivity index (χ3v) is 4.86. The number of nitrogens with one attached hydrogen (secondary N) is 3. The fourth-order valence-corrected chi connectivity index (χ4v) is 3.37. The molecule has 4 aromatic rings. The second-order valence-corrected chi connectivity index (χ2v) is 7.20. The van der Waals surface area contributed by atoms with Crippen molar-refractivity contribution in [2.45, 2.75) is 27.2 Å². The predicted octanol–water partition coefficient (Wildman–Crippen LogP) is 5.28. The molecule has 0 aliphatic heterocycles. The number of aromatic amines is 1. The lowest BCUT2D eigenvalue weighted by atomic mass is 10.1. The summed E-state index contributed by atoms with van der Waals surface area (Å²) < 4.78 is 0. The third kappa shape index (κ3) is 3.98. The van der Waals surface area contributed by atoms with Crippen LogP contribution < -0.4 is 10.6 Å². The van der Waals surface area contributed by atoms with Crippen molar-refractivity contribution in [3.8, 4) is 0 Å². The van der Waals surface area contributed by atoms with E-state index < -0.39 is 0 Å². The fraction of sp³-hybridized carbons (Fsp3) is 0.217. The molecule has 0 aliphatic rings. The van der Waals surface area contributed by atoms with Crippen molar-refractivity contribution >= 4 is 28.4 Å². The van der Waals surface area contributed by atoms with Gasteiger partial charge in [0.05, 0.1) is 0 Å².